The number of rotatable bonds is 5. The third kappa shape index (κ3) is 3.85. The smallest absolute Gasteiger partial charge is 0.328 e. The van der Waals surface area contributed by atoms with E-state index >= 15 is 0 Å². The minimum absolute atomic E-state index is 0.139. The maximum absolute atomic E-state index is 12.4. The Labute approximate surface area is 130 Å². The minimum Gasteiger partial charge on any atom is -0.480 e. The topological polar surface area (TPSA) is 148 Å². The van der Waals surface area contributed by atoms with E-state index in [1.165, 1.54) is 13.1 Å². The van der Waals surface area contributed by atoms with Crippen molar-refractivity contribution in [1.29, 1.82) is 0 Å². The summed E-state index contributed by atoms with van der Waals surface area (Å²) in [4.78, 5) is 49.7. The highest BCUT2D eigenvalue weighted by Gasteiger charge is 2.34. The molecule has 0 bridgehead atoms. The first kappa shape index (κ1) is 16.9. The summed E-state index contributed by atoms with van der Waals surface area (Å²) in [5, 5.41) is 8.99. The SMILES string of the molecule is Cc1cn(CC(=O)N(CC(=O)O)[C@H]2COC[C@@H]2N)c(=O)[nH]c1=O. The first-order valence-electron chi connectivity index (χ1n) is 6.94. The quantitative estimate of drug-likeness (QED) is 0.541. The predicted molar refractivity (Wildman–Crippen MR) is 78.0 cm³/mol. The van der Waals surface area contributed by atoms with Crippen LogP contribution < -0.4 is 17.0 Å². The van der Waals surface area contributed by atoms with Gasteiger partial charge in [-0.25, -0.2) is 4.79 Å². The molecule has 0 aromatic carbocycles. The molecule has 0 saturated carbocycles. The van der Waals surface area contributed by atoms with E-state index in [2.05, 4.69) is 4.98 Å². The lowest BCUT2D eigenvalue weighted by Gasteiger charge is -2.29. The number of H-pyrrole nitrogens is 1. The Morgan fingerprint density at radius 3 is 2.74 bits per heavy atom. The average Bonchev–Trinajstić information content (AvgIpc) is 2.87. The van der Waals surface area contributed by atoms with Gasteiger partial charge in [0.05, 0.1) is 25.3 Å². The molecule has 1 saturated heterocycles. The molecule has 1 fully saturated rings. The fraction of sp³-hybridized carbons (Fsp3) is 0.538. The summed E-state index contributed by atoms with van der Waals surface area (Å²) >= 11 is 0. The van der Waals surface area contributed by atoms with Gasteiger partial charge in [0.2, 0.25) is 5.91 Å². The van der Waals surface area contributed by atoms with Crippen LogP contribution in [-0.4, -0.2) is 63.3 Å². The van der Waals surface area contributed by atoms with Crippen molar-refractivity contribution in [2.45, 2.75) is 25.6 Å². The van der Waals surface area contributed by atoms with Crippen LogP contribution in [0, 0.1) is 6.92 Å². The molecule has 0 radical (unpaired) electrons. The van der Waals surface area contributed by atoms with Gasteiger partial charge < -0.3 is 20.5 Å². The normalized spacial score (nSPS) is 20.4. The number of carboxylic acids is 1. The van der Waals surface area contributed by atoms with Crippen LogP contribution in [0.5, 0.6) is 0 Å². The number of nitrogens with two attached hydrogens (primary N) is 1. The molecule has 0 spiro atoms. The Morgan fingerprint density at radius 2 is 2.17 bits per heavy atom. The number of amides is 1. The number of hydrogen-bond donors (Lipinski definition) is 3. The molecule has 1 amide bonds. The summed E-state index contributed by atoms with van der Waals surface area (Å²) in [6.45, 7) is 0.922. The second-order valence-corrected chi connectivity index (χ2v) is 5.38. The fourth-order valence-electron chi connectivity index (χ4n) is 2.39. The molecule has 126 valence electrons. The molecule has 10 heteroatoms. The highest BCUT2D eigenvalue weighted by Crippen LogP contribution is 2.12. The van der Waals surface area contributed by atoms with Crippen LogP contribution in [0.15, 0.2) is 15.8 Å². The van der Waals surface area contributed by atoms with Gasteiger partial charge in [0.1, 0.15) is 13.1 Å². The third-order valence-corrected chi connectivity index (χ3v) is 3.61. The third-order valence-electron chi connectivity index (χ3n) is 3.61. The number of carbonyl (C=O) groups excluding carboxylic acids is 1. The maximum atomic E-state index is 12.4. The molecule has 1 aromatic rings. The van der Waals surface area contributed by atoms with Crippen LogP contribution in [0.25, 0.3) is 0 Å². The summed E-state index contributed by atoms with van der Waals surface area (Å²) < 4.78 is 6.19. The Morgan fingerprint density at radius 1 is 1.48 bits per heavy atom. The predicted octanol–water partition coefficient (Wildman–Crippen LogP) is -2.52. The lowest BCUT2D eigenvalue weighted by molar-refractivity contribution is -0.146. The van der Waals surface area contributed by atoms with Gasteiger partial charge in [0.25, 0.3) is 5.56 Å². The molecule has 0 unspecified atom stereocenters. The summed E-state index contributed by atoms with van der Waals surface area (Å²) in [6.07, 6.45) is 1.25. The van der Waals surface area contributed by atoms with Crippen LogP contribution in [0.1, 0.15) is 5.56 Å². The molecule has 2 atom stereocenters. The summed E-state index contributed by atoms with van der Waals surface area (Å²) in [5.41, 5.74) is 4.83. The number of aromatic amines is 1. The number of nitrogens with one attached hydrogen (secondary N) is 1. The van der Waals surface area contributed by atoms with Crippen LogP contribution in [0.4, 0.5) is 0 Å². The molecule has 2 rings (SSSR count). The van der Waals surface area contributed by atoms with Crippen molar-refractivity contribution in [3.05, 3.63) is 32.6 Å². The van der Waals surface area contributed by atoms with Gasteiger partial charge in [-0.3, -0.25) is 23.9 Å². The van der Waals surface area contributed by atoms with Gasteiger partial charge >= 0.3 is 11.7 Å². The van der Waals surface area contributed by atoms with Gasteiger partial charge in [-0.05, 0) is 6.92 Å². The molecule has 10 nitrogen and oxygen atoms in total. The first-order valence-corrected chi connectivity index (χ1v) is 6.94. The van der Waals surface area contributed by atoms with E-state index in [9.17, 15) is 19.2 Å². The van der Waals surface area contributed by atoms with E-state index in [4.69, 9.17) is 15.6 Å². The van der Waals surface area contributed by atoms with Crippen molar-refractivity contribution < 1.29 is 19.4 Å². The van der Waals surface area contributed by atoms with E-state index in [0.29, 0.717) is 0 Å². The Hall–Kier alpha value is -2.46. The number of aryl methyl sites for hydroxylation is 1. The number of ether oxygens (including phenoxy) is 1. The molecule has 1 aliphatic rings. The Bertz CT molecular complexity index is 724. The van der Waals surface area contributed by atoms with Crippen LogP contribution in [0.3, 0.4) is 0 Å². The summed E-state index contributed by atoms with van der Waals surface area (Å²) in [7, 11) is 0. The van der Waals surface area contributed by atoms with Crippen molar-refractivity contribution in [3.8, 4) is 0 Å². The van der Waals surface area contributed by atoms with Crippen LogP contribution in [0.2, 0.25) is 0 Å². The lowest BCUT2D eigenvalue weighted by atomic mass is 10.1. The van der Waals surface area contributed by atoms with E-state index in [-0.39, 0.29) is 18.8 Å². The lowest BCUT2D eigenvalue weighted by Crippen LogP contribution is -2.53. The van der Waals surface area contributed by atoms with E-state index in [1.54, 1.807) is 0 Å². The number of hydrogen-bond acceptors (Lipinski definition) is 6. The van der Waals surface area contributed by atoms with Gasteiger partial charge in [-0.2, -0.15) is 0 Å². The van der Waals surface area contributed by atoms with E-state index in [0.717, 1.165) is 9.47 Å². The van der Waals surface area contributed by atoms with Gasteiger partial charge in [-0.1, -0.05) is 0 Å². The number of carboxylic acid groups (broad SMARTS) is 1. The molecule has 1 aromatic heterocycles. The van der Waals surface area contributed by atoms with Gasteiger partial charge in [0.15, 0.2) is 0 Å². The first-order chi connectivity index (χ1) is 10.8. The molecule has 23 heavy (non-hydrogen) atoms. The largest absolute Gasteiger partial charge is 0.480 e. The second kappa shape index (κ2) is 6.75. The molecular weight excluding hydrogens is 308 g/mol. The number of aliphatic carboxylic acids is 1. The average molecular weight is 326 g/mol. The molecule has 2 heterocycles. The molecular formula is C13H18N4O6. The monoisotopic (exact) mass is 326 g/mol. The standard InChI is InChI=1S/C13H18N4O6/c1-7-2-16(13(22)15-12(7)21)3-10(18)17(4-11(19)20)9-6-23-5-8(9)14/h2,8-9H,3-6,14H2,1H3,(H,19,20)(H,15,21,22)/t8-,9-/m0/s1. The minimum atomic E-state index is -1.19. The zero-order valence-electron chi connectivity index (χ0n) is 12.5. The van der Waals surface area contributed by atoms with E-state index in [1.807, 2.05) is 0 Å². The number of carbonyl (C=O) groups is 2. The van der Waals surface area contributed by atoms with Crippen molar-refractivity contribution in [2.75, 3.05) is 19.8 Å². The van der Waals surface area contributed by atoms with Crippen LogP contribution >= 0.6 is 0 Å². The molecule has 0 aliphatic carbocycles. The van der Waals surface area contributed by atoms with Crippen molar-refractivity contribution in [2.24, 2.45) is 5.73 Å². The zero-order valence-corrected chi connectivity index (χ0v) is 12.5. The summed E-state index contributed by atoms with van der Waals surface area (Å²) in [5.74, 6) is -1.78. The highest BCUT2D eigenvalue weighted by atomic mass is 16.5. The van der Waals surface area contributed by atoms with Crippen molar-refractivity contribution in [1.82, 2.24) is 14.5 Å². The maximum Gasteiger partial charge on any atom is 0.328 e. The zero-order chi connectivity index (χ0) is 17.1. The second-order valence-electron chi connectivity index (χ2n) is 5.38. The van der Waals surface area contributed by atoms with Gasteiger partial charge in [0, 0.05) is 11.8 Å². The Balaban J connectivity index is 2.24. The van der Waals surface area contributed by atoms with E-state index < -0.39 is 48.3 Å². The van der Waals surface area contributed by atoms with Crippen molar-refractivity contribution in [3.63, 3.8) is 0 Å². The van der Waals surface area contributed by atoms with Crippen molar-refractivity contribution >= 4 is 11.9 Å². The Kier molecular flexibility index (Phi) is 4.96. The molecule has 4 N–H and O–H groups in total. The van der Waals surface area contributed by atoms with Crippen LogP contribution in [-0.2, 0) is 20.9 Å². The van der Waals surface area contributed by atoms with Gasteiger partial charge in [-0.15, -0.1) is 0 Å². The molecule has 1 aliphatic heterocycles. The number of nitrogens with zero attached hydrogens (tertiary/aromatic N) is 2. The highest BCUT2D eigenvalue weighted by molar-refractivity contribution is 5.81. The summed E-state index contributed by atoms with van der Waals surface area (Å²) in [6, 6.07) is -1.06. The fourth-order valence-corrected chi connectivity index (χ4v) is 2.39. The number of aromatic nitrogens is 2.